The lowest BCUT2D eigenvalue weighted by atomic mass is 10.3. The van der Waals surface area contributed by atoms with Gasteiger partial charge in [0.15, 0.2) is 5.78 Å². The Labute approximate surface area is 95.1 Å². The first-order chi connectivity index (χ1) is 6.74. The van der Waals surface area contributed by atoms with Gasteiger partial charge in [-0.3, -0.25) is 4.79 Å². The van der Waals surface area contributed by atoms with Gasteiger partial charge in [-0.2, -0.15) is 0 Å². The zero-order chi connectivity index (χ0) is 9.97. The minimum Gasteiger partial charge on any atom is -0.383 e. The minimum atomic E-state index is 0.236. The molecule has 1 aliphatic rings. The van der Waals surface area contributed by atoms with Crippen LogP contribution in [0.5, 0.6) is 0 Å². The van der Waals surface area contributed by atoms with Gasteiger partial charge in [-0.05, 0) is 34.5 Å². The van der Waals surface area contributed by atoms with E-state index >= 15 is 0 Å². The molecule has 1 aromatic heterocycles. The number of carbonyl (C=O) groups excluding carboxylic acids is 1. The molecule has 0 saturated carbocycles. The zero-order valence-electron chi connectivity index (χ0n) is 7.55. The number of allylic oxidation sites excluding steroid dienone is 2. The third kappa shape index (κ3) is 2.45. The molecule has 2 nitrogen and oxygen atoms in total. The zero-order valence-corrected chi connectivity index (χ0v) is 9.95. The average molecular weight is 272 g/mol. The van der Waals surface area contributed by atoms with E-state index in [-0.39, 0.29) is 5.78 Å². The van der Waals surface area contributed by atoms with E-state index < -0.39 is 0 Å². The fraction of sp³-hybridized carbons (Fsp3) is 0.300. The molecule has 1 aliphatic carbocycles. The molecule has 74 valence electrons. The number of halogens is 1. The third-order valence-corrected chi connectivity index (χ3v) is 3.72. The van der Waals surface area contributed by atoms with Crippen LogP contribution >= 0.6 is 27.3 Å². The number of hydrogen-bond donors (Lipinski definition) is 1. The monoisotopic (exact) mass is 271 g/mol. The molecule has 0 unspecified atom stereocenters. The Hall–Kier alpha value is -0.610. The molecule has 2 rings (SSSR count). The molecule has 0 saturated heterocycles. The second kappa shape index (κ2) is 4.28. The molecule has 1 N–H and O–H groups in total. The van der Waals surface area contributed by atoms with Gasteiger partial charge >= 0.3 is 0 Å². The Morgan fingerprint density at radius 1 is 1.43 bits per heavy atom. The molecule has 4 heteroatoms. The number of nitrogens with one attached hydrogen (secondary N) is 1. The Morgan fingerprint density at radius 3 is 2.86 bits per heavy atom. The molecule has 0 spiro atoms. The SMILES string of the molecule is O=C1C=C(NCc2ccc(Br)s2)CC1. The molecule has 1 heterocycles. The van der Waals surface area contributed by atoms with Gasteiger partial charge in [0.25, 0.3) is 0 Å². The van der Waals surface area contributed by atoms with Crippen LogP contribution < -0.4 is 5.32 Å². The van der Waals surface area contributed by atoms with E-state index in [1.54, 1.807) is 17.4 Å². The maximum Gasteiger partial charge on any atom is 0.157 e. The predicted molar refractivity (Wildman–Crippen MR) is 61.2 cm³/mol. The summed E-state index contributed by atoms with van der Waals surface area (Å²) >= 11 is 5.13. The molecule has 14 heavy (non-hydrogen) atoms. The Morgan fingerprint density at radius 2 is 2.29 bits per heavy atom. The molecule has 0 fully saturated rings. The van der Waals surface area contributed by atoms with E-state index in [2.05, 4.69) is 27.3 Å². The Bertz CT molecular complexity index is 383. The molecule has 0 radical (unpaired) electrons. The number of thiophene rings is 1. The second-order valence-corrected chi connectivity index (χ2v) is 5.74. The van der Waals surface area contributed by atoms with Gasteiger partial charge in [-0.1, -0.05) is 0 Å². The van der Waals surface area contributed by atoms with Crippen molar-refractivity contribution < 1.29 is 4.79 Å². The van der Waals surface area contributed by atoms with E-state index in [4.69, 9.17) is 0 Å². The van der Waals surface area contributed by atoms with E-state index in [0.717, 1.165) is 22.4 Å². The molecule has 0 amide bonds. The highest BCUT2D eigenvalue weighted by molar-refractivity contribution is 9.11. The van der Waals surface area contributed by atoms with Crippen LogP contribution in [-0.2, 0) is 11.3 Å². The summed E-state index contributed by atoms with van der Waals surface area (Å²) in [5, 5.41) is 3.27. The maximum absolute atomic E-state index is 10.9. The fourth-order valence-corrected chi connectivity index (χ4v) is 2.81. The van der Waals surface area contributed by atoms with Gasteiger partial charge in [0.05, 0.1) is 3.79 Å². The summed E-state index contributed by atoms with van der Waals surface area (Å²) in [7, 11) is 0. The van der Waals surface area contributed by atoms with Crippen LogP contribution in [0, 0.1) is 0 Å². The second-order valence-electron chi connectivity index (χ2n) is 3.20. The first-order valence-electron chi connectivity index (χ1n) is 4.45. The molecule has 0 bridgehead atoms. The van der Waals surface area contributed by atoms with Crippen molar-refractivity contribution >= 4 is 33.0 Å². The molecular formula is C10H10BrNOS. The fourth-order valence-electron chi connectivity index (χ4n) is 1.38. The molecular weight excluding hydrogens is 262 g/mol. The van der Waals surface area contributed by atoms with E-state index in [1.165, 1.54) is 4.88 Å². The summed E-state index contributed by atoms with van der Waals surface area (Å²) in [6, 6.07) is 4.12. The predicted octanol–water partition coefficient (Wildman–Crippen LogP) is 2.85. The number of hydrogen-bond acceptors (Lipinski definition) is 3. The first kappa shape index (κ1) is 9.93. The quantitative estimate of drug-likeness (QED) is 0.916. The highest BCUT2D eigenvalue weighted by atomic mass is 79.9. The largest absolute Gasteiger partial charge is 0.383 e. The Kier molecular flexibility index (Phi) is 3.03. The summed E-state index contributed by atoms with van der Waals surface area (Å²) in [6.45, 7) is 0.815. The number of carbonyl (C=O) groups is 1. The van der Waals surface area contributed by atoms with Crippen molar-refractivity contribution in [2.24, 2.45) is 0 Å². The standard InChI is InChI=1S/C10H10BrNOS/c11-10-4-3-9(14-10)6-12-7-1-2-8(13)5-7/h3-5,12H,1-2,6H2. The summed E-state index contributed by atoms with van der Waals surface area (Å²) in [4.78, 5) is 12.2. The Balaban J connectivity index is 1.89. The van der Waals surface area contributed by atoms with Crippen molar-refractivity contribution in [1.82, 2.24) is 5.32 Å². The summed E-state index contributed by atoms with van der Waals surface area (Å²) in [5.74, 6) is 0.236. The van der Waals surface area contributed by atoms with Gasteiger partial charge < -0.3 is 5.32 Å². The van der Waals surface area contributed by atoms with E-state index in [0.29, 0.717) is 6.42 Å². The van der Waals surface area contributed by atoms with Crippen molar-refractivity contribution in [3.8, 4) is 0 Å². The highest BCUT2D eigenvalue weighted by Crippen LogP contribution is 2.22. The normalized spacial score (nSPS) is 15.8. The van der Waals surface area contributed by atoms with Crippen LogP contribution in [0.1, 0.15) is 17.7 Å². The lowest BCUT2D eigenvalue weighted by Gasteiger charge is -2.03. The lowest BCUT2D eigenvalue weighted by molar-refractivity contribution is -0.114. The lowest BCUT2D eigenvalue weighted by Crippen LogP contribution is -2.09. The third-order valence-electron chi connectivity index (χ3n) is 2.09. The van der Waals surface area contributed by atoms with Crippen LogP contribution in [0.25, 0.3) is 0 Å². The van der Waals surface area contributed by atoms with Crippen LogP contribution in [0.3, 0.4) is 0 Å². The van der Waals surface area contributed by atoms with Crippen LogP contribution in [-0.4, -0.2) is 5.78 Å². The van der Waals surface area contributed by atoms with Crippen molar-refractivity contribution in [1.29, 1.82) is 0 Å². The van der Waals surface area contributed by atoms with Crippen LogP contribution in [0.4, 0.5) is 0 Å². The van der Waals surface area contributed by atoms with Gasteiger partial charge in [0.1, 0.15) is 0 Å². The smallest absolute Gasteiger partial charge is 0.157 e. The van der Waals surface area contributed by atoms with Crippen LogP contribution in [0.15, 0.2) is 27.7 Å². The van der Waals surface area contributed by atoms with Gasteiger partial charge in [0.2, 0.25) is 0 Å². The molecule has 1 aromatic rings. The van der Waals surface area contributed by atoms with Crippen molar-refractivity contribution in [2.45, 2.75) is 19.4 Å². The van der Waals surface area contributed by atoms with Gasteiger partial charge in [0, 0.05) is 29.6 Å². The van der Waals surface area contributed by atoms with Crippen molar-refractivity contribution in [3.63, 3.8) is 0 Å². The molecule has 0 aliphatic heterocycles. The number of ketones is 1. The topological polar surface area (TPSA) is 29.1 Å². The van der Waals surface area contributed by atoms with Crippen LogP contribution in [0.2, 0.25) is 0 Å². The van der Waals surface area contributed by atoms with Crippen molar-refractivity contribution in [2.75, 3.05) is 0 Å². The van der Waals surface area contributed by atoms with Gasteiger partial charge in [-0.15, -0.1) is 11.3 Å². The minimum absolute atomic E-state index is 0.236. The first-order valence-corrected chi connectivity index (χ1v) is 6.06. The molecule has 0 atom stereocenters. The average Bonchev–Trinajstić information content (AvgIpc) is 2.72. The maximum atomic E-state index is 10.9. The van der Waals surface area contributed by atoms with Gasteiger partial charge in [-0.25, -0.2) is 0 Å². The summed E-state index contributed by atoms with van der Waals surface area (Å²) < 4.78 is 1.14. The number of rotatable bonds is 3. The highest BCUT2D eigenvalue weighted by Gasteiger charge is 2.11. The molecule has 0 aromatic carbocycles. The summed E-state index contributed by atoms with van der Waals surface area (Å²) in [5.41, 5.74) is 1.07. The van der Waals surface area contributed by atoms with E-state index in [9.17, 15) is 4.79 Å². The van der Waals surface area contributed by atoms with E-state index in [1.807, 2.05) is 6.07 Å². The summed E-state index contributed by atoms with van der Waals surface area (Å²) in [6.07, 6.45) is 3.24. The van der Waals surface area contributed by atoms with Crippen molar-refractivity contribution in [3.05, 3.63) is 32.6 Å².